The van der Waals surface area contributed by atoms with Crippen molar-refractivity contribution in [2.24, 2.45) is 0 Å². The van der Waals surface area contributed by atoms with Crippen molar-refractivity contribution in [3.05, 3.63) is 53.6 Å². The molecule has 0 fully saturated rings. The third-order valence-corrected chi connectivity index (χ3v) is 3.40. The monoisotopic (exact) mass is 497 g/mol. The van der Waals surface area contributed by atoms with E-state index >= 15 is 0 Å². The van der Waals surface area contributed by atoms with Gasteiger partial charge in [0.2, 0.25) is 0 Å². The fourth-order valence-electron chi connectivity index (χ4n) is 1.89. The van der Waals surface area contributed by atoms with E-state index < -0.39 is 29.8 Å². The van der Waals surface area contributed by atoms with Gasteiger partial charge in [-0.2, -0.15) is 0 Å². The molecule has 0 spiro atoms. The molecule has 192 valence electrons. The molecule has 0 aliphatic heterocycles. The molecule has 0 heterocycles. The molecule has 0 unspecified atom stereocenters. The van der Waals surface area contributed by atoms with Crippen LogP contribution in [0.15, 0.2) is 42.5 Å². The highest BCUT2D eigenvalue weighted by molar-refractivity contribution is 5.91. The second-order valence-electron chi connectivity index (χ2n) is 6.45. The van der Waals surface area contributed by atoms with Crippen molar-refractivity contribution in [1.82, 2.24) is 0 Å². The van der Waals surface area contributed by atoms with E-state index in [2.05, 4.69) is 0 Å². The molecule has 0 bridgehead atoms. The minimum Gasteiger partial charge on any atom is -0.508 e. The number of carboxylic acids is 5. The summed E-state index contributed by atoms with van der Waals surface area (Å²) in [5.74, 6) is -4.96. The van der Waals surface area contributed by atoms with E-state index in [1.165, 1.54) is 42.5 Å². The Bertz CT molecular complexity index is 966. The lowest BCUT2D eigenvalue weighted by molar-refractivity contribution is -0.139. The van der Waals surface area contributed by atoms with Crippen molar-refractivity contribution in [2.75, 3.05) is 5.73 Å². The normalized spacial score (nSPS) is 8.94. The predicted octanol–water partition coefficient (Wildman–Crippen LogP) is 2.57. The van der Waals surface area contributed by atoms with Crippen LogP contribution in [0, 0.1) is 0 Å². The Hall–Kier alpha value is -4.81. The Labute approximate surface area is 199 Å². The van der Waals surface area contributed by atoms with Gasteiger partial charge in [0.15, 0.2) is 0 Å². The maximum absolute atomic E-state index is 10.3. The van der Waals surface area contributed by atoms with Crippen LogP contribution in [-0.4, -0.2) is 65.6 Å². The molecule has 0 aliphatic rings. The lowest BCUT2D eigenvalue weighted by Crippen LogP contribution is -1.97. The highest BCUT2D eigenvalue weighted by atomic mass is 16.4. The molecule has 0 atom stereocenters. The number of nitrogen functional groups attached to an aromatic ring is 1. The van der Waals surface area contributed by atoms with Gasteiger partial charge in [0, 0.05) is 31.5 Å². The third kappa shape index (κ3) is 19.6. The fourth-order valence-corrected chi connectivity index (χ4v) is 1.89. The molecule has 2 aromatic rings. The van der Waals surface area contributed by atoms with Crippen molar-refractivity contribution in [3.8, 4) is 11.5 Å². The summed E-state index contributed by atoms with van der Waals surface area (Å²) < 4.78 is 0. The number of hydrogen-bond donors (Lipinski definition) is 8. The maximum atomic E-state index is 10.3. The van der Waals surface area contributed by atoms with E-state index in [0.717, 1.165) is 6.92 Å². The molecule has 0 saturated carbocycles. The van der Waals surface area contributed by atoms with Crippen LogP contribution in [0.1, 0.15) is 53.3 Å². The Kier molecular flexibility index (Phi) is 16.4. The number of unbranched alkanes of at least 4 members (excludes halogenated alkanes) is 1. The maximum Gasteiger partial charge on any atom is 0.339 e. The zero-order valence-corrected chi connectivity index (χ0v) is 18.6. The number of rotatable bonds is 7. The van der Waals surface area contributed by atoms with Crippen LogP contribution < -0.4 is 5.73 Å². The van der Waals surface area contributed by atoms with Crippen molar-refractivity contribution in [2.45, 2.75) is 32.6 Å². The highest BCUT2D eigenvalue weighted by Gasteiger charge is 2.07. The van der Waals surface area contributed by atoms with Crippen molar-refractivity contribution in [1.29, 1.82) is 0 Å². The Morgan fingerprint density at radius 3 is 1.46 bits per heavy atom. The van der Waals surface area contributed by atoms with E-state index in [1.807, 2.05) is 0 Å². The number of aromatic carboxylic acids is 2. The molecule has 0 radical (unpaired) electrons. The molecule has 2 rings (SSSR count). The van der Waals surface area contributed by atoms with E-state index in [-0.39, 0.29) is 35.5 Å². The minimum absolute atomic E-state index is 0.0628. The molecule has 0 aliphatic carbocycles. The first kappa shape index (κ1) is 32.4. The standard InChI is InChI=1S/C7H7NO3.C7H6O3.C6H10O4.C2H4O2/c8-4-1-2-5(7(10)11)6(9)3-4;8-6-3-1-5(2-4-6)7(9)10;7-5(8)3-1-2-4-6(9)10;1-2(3)4/h1-3,9H,8H2,(H,10,11);1-4,8H,(H,9,10);1-4H2,(H,7,8)(H,9,10);1H3,(H,3,4). The second-order valence-corrected chi connectivity index (χ2v) is 6.45. The molecular formula is C22H27NO12. The molecule has 0 saturated heterocycles. The van der Waals surface area contributed by atoms with Gasteiger partial charge in [0.05, 0.1) is 5.56 Å². The third-order valence-electron chi connectivity index (χ3n) is 3.40. The molecule has 13 nitrogen and oxygen atoms in total. The summed E-state index contributed by atoms with van der Waals surface area (Å²) in [6.07, 6.45) is 1.02. The molecule has 35 heavy (non-hydrogen) atoms. The van der Waals surface area contributed by atoms with E-state index in [1.54, 1.807) is 0 Å². The number of carboxylic acid groups (broad SMARTS) is 5. The number of aliphatic carboxylic acids is 3. The topological polar surface area (TPSA) is 253 Å². The first-order chi connectivity index (χ1) is 16.2. The number of anilines is 1. The minimum atomic E-state index is -1.16. The number of phenols is 2. The van der Waals surface area contributed by atoms with E-state index in [0.29, 0.717) is 18.5 Å². The van der Waals surface area contributed by atoms with Crippen LogP contribution in [0.5, 0.6) is 11.5 Å². The molecular weight excluding hydrogens is 470 g/mol. The second kappa shape index (κ2) is 17.7. The average molecular weight is 497 g/mol. The first-order valence-electron chi connectivity index (χ1n) is 9.64. The van der Waals surface area contributed by atoms with Crippen LogP contribution in [0.4, 0.5) is 5.69 Å². The van der Waals surface area contributed by atoms with Gasteiger partial charge in [0.1, 0.15) is 17.1 Å². The summed E-state index contributed by atoms with van der Waals surface area (Å²) in [7, 11) is 0. The average Bonchev–Trinajstić information content (AvgIpc) is 2.71. The van der Waals surface area contributed by atoms with E-state index in [9.17, 15) is 19.2 Å². The molecule has 13 heteroatoms. The van der Waals surface area contributed by atoms with Gasteiger partial charge in [-0.3, -0.25) is 14.4 Å². The largest absolute Gasteiger partial charge is 0.508 e. The number of nitrogens with two attached hydrogens (primary N) is 1. The van der Waals surface area contributed by atoms with Gasteiger partial charge in [-0.15, -0.1) is 0 Å². The van der Waals surface area contributed by atoms with Crippen molar-refractivity contribution in [3.63, 3.8) is 0 Å². The van der Waals surface area contributed by atoms with Gasteiger partial charge in [0.25, 0.3) is 5.97 Å². The lowest BCUT2D eigenvalue weighted by atomic mass is 10.2. The zero-order valence-electron chi connectivity index (χ0n) is 18.6. The summed E-state index contributed by atoms with van der Waals surface area (Å²) >= 11 is 0. The predicted molar refractivity (Wildman–Crippen MR) is 122 cm³/mol. The lowest BCUT2D eigenvalue weighted by Gasteiger charge is -1.98. The number of carbonyl (C=O) groups is 5. The summed E-state index contributed by atoms with van der Waals surface area (Å²) in [5.41, 5.74) is 5.65. The SMILES string of the molecule is CC(=O)O.Nc1ccc(C(=O)O)c(O)c1.O=C(O)CCCCC(=O)O.O=C(O)c1ccc(O)cc1. The van der Waals surface area contributed by atoms with E-state index in [4.69, 9.17) is 46.3 Å². The molecule has 2 aromatic carbocycles. The summed E-state index contributed by atoms with van der Waals surface area (Å²) in [6, 6.07) is 9.24. The molecule has 0 amide bonds. The first-order valence-corrected chi connectivity index (χ1v) is 9.64. The van der Waals surface area contributed by atoms with Crippen LogP contribution >= 0.6 is 0 Å². The number of phenolic OH excluding ortho intramolecular Hbond substituents is 1. The fraction of sp³-hybridized carbons (Fsp3) is 0.227. The van der Waals surface area contributed by atoms with Gasteiger partial charge in [-0.25, -0.2) is 9.59 Å². The quantitative estimate of drug-likeness (QED) is 0.202. The summed E-state index contributed by atoms with van der Waals surface area (Å²) in [6.45, 7) is 1.08. The number of benzene rings is 2. The molecule has 9 N–H and O–H groups in total. The van der Waals surface area contributed by atoms with Gasteiger partial charge in [-0.1, -0.05) is 0 Å². The van der Waals surface area contributed by atoms with Crippen molar-refractivity contribution >= 4 is 35.5 Å². The van der Waals surface area contributed by atoms with Crippen LogP contribution in [-0.2, 0) is 14.4 Å². The van der Waals surface area contributed by atoms with Gasteiger partial charge in [-0.05, 0) is 49.2 Å². The summed E-state index contributed by atoms with van der Waals surface area (Å²) in [4.78, 5) is 49.4. The Morgan fingerprint density at radius 1 is 0.714 bits per heavy atom. The smallest absolute Gasteiger partial charge is 0.339 e. The van der Waals surface area contributed by atoms with Gasteiger partial charge < -0.3 is 41.5 Å². The Balaban J connectivity index is 0. The number of aromatic hydroxyl groups is 2. The number of hydrogen-bond acceptors (Lipinski definition) is 8. The van der Waals surface area contributed by atoms with Crippen LogP contribution in [0.2, 0.25) is 0 Å². The van der Waals surface area contributed by atoms with Crippen molar-refractivity contribution < 1.29 is 59.7 Å². The van der Waals surface area contributed by atoms with Gasteiger partial charge >= 0.3 is 23.9 Å². The molecule has 0 aromatic heterocycles. The highest BCUT2D eigenvalue weighted by Crippen LogP contribution is 2.19. The Morgan fingerprint density at radius 2 is 1.14 bits per heavy atom. The van der Waals surface area contributed by atoms with Crippen LogP contribution in [0.3, 0.4) is 0 Å². The zero-order chi connectivity index (χ0) is 27.6. The summed E-state index contributed by atoms with van der Waals surface area (Å²) in [5, 5.41) is 58.3. The van der Waals surface area contributed by atoms with Crippen LogP contribution in [0.25, 0.3) is 0 Å².